The van der Waals surface area contributed by atoms with Gasteiger partial charge in [-0.25, -0.2) is 8.42 Å². The number of nitrogens with one attached hydrogen (secondary N) is 1. The summed E-state index contributed by atoms with van der Waals surface area (Å²) in [6.07, 6.45) is -0.215. The highest BCUT2D eigenvalue weighted by molar-refractivity contribution is 7.93. The monoisotopic (exact) mass is 301 g/mol. The van der Waals surface area contributed by atoms with Crippen molar-refractivity contribution < 1.29 is 27.9 Å². The van der Waals surface area contributed by atoms with E-state index in [0.717, 1.165) is 0 Å². The summed E-state index contributed by atoms with van der Waals surface area (Å²) >= 11 is 0. The van der Waals surface area contributed by atoms with Crippen LogP contribution in [-0.4, -0.2) is 37.8 Å². The molecule has 0 atom stereocenters. The standard InChI is InChI=1S/C12H15NO6S/c1-2-19-12(16)8-20(17,18)13-10-5-3-4-9(6-10)7-11(14)15/h3-6,13H,2,7-8H2,1H3,(H,14,15). The Balaban J connectivity index is 2.76. The van der Waals surface area contributed by atoms with E-state index in [2.05, 4.69) is 9.46 Å². The van der Waals surface area contributed by atoms with Crippen LogP contribution in [0.1, 0.15) is 12.5 Å². The topological polar surface area (TPSA) is 110 Å². The molecule has 20 heavy (non-hydrogen) atoms. The van der Waals surface area contributed by atoms with Crippen LogP contribution in [-0.2, 0) is 30.8 Å². The molecule has 1 aromatic rings. The maximum atomic E-state index is 11.7. The van der Waals surface area contributed by atoms with Gasteiger partial charge < -0.3 is 9.84 Å². The summed E-state index contributed by atoms with van der Waals surface area (Å²) < 4.78 is 30.1. The van der Waals surface area contributed by atoms with Gasteiger partial charge in [-0.2, -0.15) is 0 Å². The Morgan fingerprint density at radius 3 is 2.65 bits per heavy atom. The van der Waals surface area contributed by atoms with Crippen LogP contribution in [0, 0.1) is 0 Å². The fourth-order valence-corrected chi connectivity index (χ4v) is 2.44. The minimum Gasteiger partial charge on any atom is -0.481 e. The van der Waals surface area contributed by atoms with Gasteiger partial charge in [0.05, 0.1) is 13.0 Å². The van der Waals surface area contributed by atoms with Crippen LogP contribution in [0.4, 0.5) is 5.69 Å². The first-order valence-electron chi connectivity index (χ1n) is 5.79. The zero-order chi connectivity index (χ0) is 15.2. The van der Waals surface area contributed by atoms with E-state index in [4.69, 9.17) is 5.11 Å². The lowest BCUT2D eigenvalue weighted by molar-refractivity contribution is -0.140. The Labute approximate surface area is 116 Å². The second kappa shape index (κ2) is 6.90. The van der Waals surface area contributed by atoms with E-state index in [1.165, 1.54) is 18.2 Å². The number of anilines is 1. The molecule has 1 rings (SSSR count). The van der Waals surface area contributed by atoms with Crippen LogP contribution in [0.25, 0.3) is 0 Å². The lowest BCUT2D eigenvalue weighted by Gasteiger charge is -2.08. The zero-order valence-electron chi connectivity index (χ0n) is 10.8. The normalized spacial score (nSPS) is 10.8. The van der Waals surface area contributed by atoms with Gasteiger partial charge in [0.25, 0.3) is 0 Å². The number of carbonyl (C=O) groups is 2. The van der Waals surface area contributed by atoms with E-state index in [-0.39, 0.29) is 18.7 Å². The second-order valence-corrected chi connectivity index (χ2v) is 5.66. The van der Waals surface area contributed by atoms with Gasteiger partial charge in [-0.1, -0.05) is 12.1 Å². The number of benzene rings is 1. The average Bonchev–Trinajstić information content (AvgIpc) is 2.26. The van der Waals surface area contributed by atoms with Gasteiger partial charge >= 0.3 is 11.9 Å². The highest BCUT2D eigenvalue weighted by Gasteiger charge is 2.17. The zero-order valence-corrected chi connectivity index (χ0v) is 11.6. The van der Waals surface area contributed by atoms with Crippen molar-refractivity contribution in [3.05, 3.63) is 29.8 Å². The molecule has 0 fully saturated rings. The maximum Gasteiger partial charge on any atom is 0.323 e. The first-order valence-corrected chi connectivity index (χ1v) is 7.44. The lowest BCUT2D eigenvalue weighted by atomic mass is 10.1. The molecule has 0 saturated heterocycles. The number of esters is 1. The van der Waals surface area contributed by atoms with Crippen molar-refractivity contribution in [3.63, 3.8) is 0 Å². The van der Waals surface area contributed by atoms with Crippen LogP contribution in [0.5, 0.6) is 0 Å². The van der Waals surface area contributed by atoms with Gasteiger partial charge in [-0.3, -0.25) is 14.3 Å². The van der Waals surface area contributed by atoms with E-state index in [1.807, 2.05) is 0 Å². The van der Waals surface area contributed by atoms with Crippen LogP contribution in [0.2, 0.25) is 0 Å². The molecule has 0 radical (unpaired) electrons. The number of rotatable bonds is 7. The number of hydrogen-bond acceptors (Lipinski definition) is 5. The van der Waals surface area contributed by atoms with E-state index in [0.29, 0.717) is 5.56 Å². The number of sulfonamides is 1. The third-order valence-electron chi connectivity index (χ3n) is 2.17. The molecule has 0 saturated carbocycles. The van der Waals surface area contributed by atoms with Crippen molar-refractivity contribution in [2.75, 3.05) is 17.1 Å². The van der Waals surface area contributed by atoms with Gasteiger partial charge in [-0.05, 0) is 24.6 Å². The summed E-state index contributed by atoms with van der Waals surface area (Å²) in [4.78, 5) is 21.7. The van der Waals surface area contributed by atoms with Crippen molar-refractivity contribution in [1.29, 1.82) is 0 Å². The minimum absolute atomic E-state index is 0.0997. The van der Waals surface area contributed by atoms with Gasteiger partial charge in [0.15, 0.2) is 5.75 Å². The largest absolute Gasteiger partial charge is 0.481 e. The summed E-state index contributed by atoms with van der Waals surface area (Å²) in [5, 5.41) is 8.67. The molecule has 0 bridgehead atoms. The van der Waals surface area contributed by atoms with Gasteiger partial charge in [0, 0.05) is 5.69 Å². The molecule has 0 unspecified atom stereocenters. The molecule has 0 aliphatic heterocycles. The van der Waals surface area contributed by atoms with Crippen molar-refractivity contribution in [3.8, 4) is 0 Å². The molecule has 0 aliphatic rings. The highest BCUT2D eigenvalue weighted by atomic mass is 32.2. The van der Waals surface area contributed by atoms with E-state index in [1.54, 1.807) is 13.0 Å². The number of ether oxygens (including phenoxy) is 1. The Morgan fingerprint density at radius 1 is 1.35 bits per heavy atom. The smallest absolute Gasteiger partial charge is 0.323 e. The third kappa shape index (κ3) is 5.70. The Hall–Kier alpha value is -2.09. The first-order chi connectivity index (χ1) is 9.32. The van der Waals surface area contributed by atoms with E-state index >= 15 is 0 Å². The molecule has 2 N–H and O–H groups in total. The summed E-state index contributed by atoms with van der Waals surface area (Å²) in [7, 11) is -3.87. The highest BCUT2D eigenvalue weighted by Crippen LogP contribution is 2.13. The summed E-state index contributed by atoms with van der Waals surface area (Å²) in [6, 6.07) is 5.96. The number of hydrogen-bond donors (Lipinski definition) is 2. The fraction of sp³-hybridized carbons (Fsp3) is 0.333. The van der Waals surface area contributed by atoms with Crippen molar-refractivity contribution in [1.82, 2.24) is 0 Å². The molecule has 8 heteroatoms. The number of carboxylic acid groups (broad SMARTS) is 1. The molecule has 0 aliphatic carbocycles. The Morgan fingerprint density at radius 2 is 2.05 bits per heavy atom. The first kappa shape index (κ1) is 16.0. The number of carbonyl (C=O) groups excluding carboxylic acids is 1. The minimum atomic E-state index is -3.87. The third-order valence-corrected chi connectivity index (χ3v) is 3.33. The molecule has 110 valence electrons. The van der Waals surface area contributed by atoms with Crippen LogP contribution in [0.15, 0.2) is 24.3 Å². The predicted octanol–water partition coefficient (Wildman–Crippen LogP) is 0.618. The molecule has 0 amide bonds. The van der Waals surface area contributed by atoms with Gasteiger partial charge in [-0.15, -0.1) is 0 Å². The maximum absolute atomic E-state index is 11.7. The van der Waals surface area contributed by atoms with Gasteiger partial charge in [0.2, 0.25) is 10.0 Å². The molecule has 1 aromatic carbocycles. The lowest BCUT2D eigenvalue weighted by Crippen LogP contribution is -2.24. The molecule has 0 spiro atoms. The molecule has 0 heterocycles. The van der Waals surface area contributed by atoms with Crippen molar-refractivity contribution in [2.45, 2.75) is 13.3 Å². The SMILES string of the molecule is CCOC(=O)CS(=O)(=O)Nc1cccc(CC(=O)O)c1. The fourth-order valence-electron chi connectivity index (χ4n) is 1.49. The average molecular weight is 301 g/mol. The molecular weight excluding hydrogens is 286 g/mol. The molecule has 7 nitrogen and oxygen atoms in total. The predicted molar refractivity (Wildman–Crippen MR) is 71.8 cm³/mol. The Kier molecular flexibility index (Phi) is 5.51. The second-order valence-electron chi connectivity index (χ2n) is 3.94. The summed E-state index contributed by atoms with van der Waals surface area (Å²) in [5.74, 6) is -2.65. The van der Waals surface area contributed by atoms with E-state index in [9.17, 15) is 18.0 Å². The van der Waals surface area contributed by atoms with E-state index < -0.39 is 27.7 Å². The summed E-state index contributed by atoms with van der Waals surface area (Å²) in [6.45, 7) is 1.68. The van der Waals surface area contributed by atoms with Crippen molar-refractivity contribution >= 4 is 27.6 Å². The van der Waals surface area contributed by atoms with Crippen molar-refractivity contribution in [2.24, 2.45) is 0 Å². The molecule has 0 aromatic heterocycles. The quantitative estimate of drug-likeness (QED) is 0.714. The summed E-state index contributed by atoms with van der Waals surface area (Å²) in [5.41, 5.74) is 0.655. The molecular formula is C12H15NO6S. The van der Waals surface area contributed by atoms with Gasteiger partial charge in [0.1, 0.15) is 0 Å². The number of aliphatic carboxylic acids is 1. The van der Waals surface area contributed by atoms with Crippen LogP contribution >= 0.6 is 0 Å². The van der Waals surface area contributed by atoms with Crippen LogP contribution in [0.3, 0.4) is 0 Å². The van der Waals surface area contributed by atoms with Crippen LogP contribution < -0.4 is 4.72 Å². The Bertz CT molecular complexity index is 596. The number of carboxylic acids is 1.